The van der Waals surface area contributed by atoms with Crippen molar-refractivity contribution in [1.29, 1.82) is 0 Å². The first-order valence-corrected chi connectivity index (χ1v) is 7.41. The molecule has 5 heteroatoms. The SMILES string of the molecule is CCOC(=O)N1CCN(C2CNCCC2(C)C)CC1. The van der Waals surface area contributed by atoms with E-state index < -0.39 is 0 Å². The van der Waals surface area contributed by atoms with Crippen LogP contribution in [0.15, 0.2) is 0 Å². The van der Waals surface area contributed by atoms with Crippen LogP contribution in [0.5, 0.6) is 0 Å². The van der Waals surface area contributed by atoms with E-state index in [4.69, 9.17) is 4.74 Å². The van der Waals surface area contributed by atoms with Gasteiger partial charge in [0.05, 0.1) is 6.61 Å². The molecule has 5 nitrogen and oxygen atoms in total. The van der Waals surface area contributed by atoms with E-state index in [1.807, 2.05) is 11.8 Å². The van der Waals surface area contributed by atoms with Gasteiger partial charge in [0, 0.05) is 38.8 Å². The number of amides is 1. The van der Waals surface area contributed by atoms with Crippen molar-refractivity contribution in [1.82, 2.24) is 15.1 Å². The highest BCUT2D eigenvalue weighted by atomic mass is 16.6. The van der Waals surface area contributed by atoms with Crippen molar-refractivity contribution >= 4 is 6.09 Å². The summed E-state index contributed by atoms with van der Waals surface area (Å²) in [6.45, 7) is 12.7. The van der Waals surface area contributed by atoms with Crippen LogP contribution in [0.25, 0.3) is 0 Å². The van der Waals surface area contributed by atoms with Gasteiger partial charge in [0.15, 0.2) is 0 Å². The maximum Gasteiger partial charge on any atom is 0.409 e. The molecule has 0 bridgehead atoms. The normalized spacial score (nSPS) is 28.2. The van der Waals surface area contributed by atoms with Crippen LogP contribution in [0, 0.1) is 5.41 Å². The fraction of sp³-hybridized carbons (Fsp3) is 0.929. The van der Waals surface area contributed by atoms with Crippen molar-refractivity contribution in [2.24, 2.45) is 5.41 Å². The van der Waals surface area contributed by atoms with Gasteiger partial charge in [-0.25, -0.2) is 4.79 Å². The smallest absolute Gasteiger partial charge is 0.409 e. The molecule has 1 unspecified atom stereocenters. The van der Waals surface area contributed by atoms with Crippen LogP contribution in [0.3, 0.4) is 0 Å². The molecule has 0 aromatic carbocycles. The molecule has 2 rings (SSSR count). The zero-order chi connectivity index (χ0) is 13.9. The second-order valence-corrected chi connectivity index (χ2v) is 6.18. The Balaban J connectivity index is 1.87. The molecule has 0 saturated carbocycles. The van der Waals surface area contributed by atoms with Gasteiger partial charge in [0.1, 0.15) is 0 Å². The second kappa shape index (κ2) is 6.09. The molecule has 0 aliphatic carbocycles. The van der Waals surface area contributed by atoms with Crippen LogP contribution in [-0.2, 0) is 4.74 Å². The molecule has 0 spiro atoms. The summed E-state index contributed by atoms with van der Waals surface area (Å²) < 4.78 is 5.06. The lowest BCUT2D eigenvalue weighted by Gasteiger charge is -2.48. The highest BCUT2D eigenvalue weighted by Crippen LogP contribution is 2.31. The number of piperazine rings is 1. The molecule has 2 saturated heterocycles. The summed E-state index contributed by atoms with van der Waals surface area (Å²) in [6, 6.07) is 0.575. The van der Waals surface area contributed by atoms with Crippen LogP contribution >= 0.6 is 0 Å². The van der Waals surface area contributed by atoms with Gasteiger partial charge in [-0.1, -0.05) is 13.8 Å². The van der Waals surface area contributed by atoms with E-state index in [0.29, 0.717) is 18.1 Å². The van der Waals surface area contributed by atoms with Gasteiger partial charge >= 0.3 is 6.09 Å². The Labute approximate surface area is 116 Å². The Kier molecular flexibility index (Phi) is 4.68. The van der Waals surface area contributed by atoms with E-state index in [-0.39, 0.29) is 6.09 Å². The molecule has 2 aliphatic heterocycles. The summed E-state index contributed by atoms with van der Waals surface area (Å²) >= 11 is 0. The zero-order valence-electron chi connectivity index (χ0n) is 12.4. The third-order valence-electron chi connectivity index (χ3n) is 4.47. The van der Waals surface area contributed by atoms with Crippen molar-refractivity contribution in [2.45, 2.75) is 33.2 Å². The summed E-state index contributed by atoms with van der Waals surface area (Å²) in [5.74, 6) is 0. The zero-order valence-corrected chi connectivity index (χ0v) is 12.4. The number of carbonyl (C=O) groups is 1. The Morgan fingerprint density at radius 2 is 2.00 bits per heavy atom. The number of nitrogens with zero attached hydrogens (tertiary/aromatic N) is 2. The third kappa shape index (κ3) is 3.39. The number of hydrogen-bond donors (Lipinski definition) is 1. The van der Waals surface area contributed by atoms with Crippen molar-refractivity contribution in [3.8, 4) is 0 Å². The van der Waals surface area contributed by atoms with Gasteiger partial charge in [-0.3, -0.25) is 4.90 Å². The highest BCUT2D eigenvalue weighted by molar-refractivity contribution is 5.67. The van der Waals surface area contributed by atoms with Crippen LogP contribution < -0.4 is 5.32 Å². The average Bonchev–Trinajstić information content (AvgIpc) is 2.39. The first kappa shape index (κ1) is 14.6. The summed E-state index contributed by atoms with van der Waals surface area (Å²) in [6.07, 6.45) is 1.05. The molecule has 2 aliphatic rings. The van der Waals surface area contributed by atoms with E-state index in [2.05, 4.69) is 24.1 Å². The Bertz CT molecular complexity index is 312. The van der Waals surface area contributed by atoms with Crippen molar-refractivity contribution in [3.05, 3.63) is 0 Å². The summed E-state index contributed by atoms with van der Waals surface area (Å²) in [5.41, 5.74) is 0.358. The summed E-state index contributed by atoms with van der Waals surface area (Å²) in [5, 5.41) is 3.50. The van der Waals surface area contributed by atoms with E-state index in [1.165, 1.54) is 6.42 Å². The van der Waals surface area contributed by atoms with E-state index in [0.717, 1.165) is 39.3 Å². The van der Waals surface area contributed by atoms with E-state index in [9.17, 15) is 4.79 Å². The van der Waals surface area contributed by atoms with Crippen LogP contribution in [0.1, 0.15) is 27.2 Å². The lowest BCUT2D eigenvalue weighted by molar-refractivity contribution is 0.0187. The number of carbonyl (C=O) groups excluding carboxylic acids is 1. The molecule has 1 amide bonds. The van der Waals surface area contributed by atoms with Gasteiger partial charge < -0.3 is 15.0 Å². The molecule has 0 radical (unpaired) electrons. The number of nitrogens with one attached hydrogen (secondary N) is 1. The van der Waals surface area contributed by atoms with E-state index >= 15 is 0 Å². The molecular weight excluding hydrogens is 242 g/mol. The van der Waals surface area contributed by atoms with Crippen LogP contribution in [0.2, 0.25) is 0 Å². The third-order valence-corrected chi connectivity index (χ3v) is 4.47. The molecule has 0 aromatic rings. The summed E-state index contributed by atoms with van der Waals surface area (Å²) in [4.78, 5) is 16.0. The molecular formula is C14H27N3O2. The number of hydrogen-bond acceptors (Lipinski definition) is 4. The molecule has 19 heavy (non-hydrogen) atoms. The number of rotatable bonds is 2. The summed E-state index contributed by atoms with van der Waals surface area (Å²) in [7, 11) is 0. The first-order chi connectivity index (χ1) is 9.04. The van der Waals surface area contributed by atoms with E-state index in [1.54, 1.807) is 0 Å². The van der Waals surface area contributed by atoms with Crippen LogP contribution in [-0.4, -0.2) is 67.8 Å². The molecule has 110 valence electrons. The fourth-order valence-electron chi connectivity index (χ4n) is 3.15. The molecule has 0 aromatic heterocycles. The molecule has 1 N–H and O–H groups in total. The van der Waals surface area contributed by atoms with Crippen molar-refractivity contribution < 1.29 is 9.53 Å². The van der Waals surface area contributed by atoms with Crippen LogP contribution in [0.4, 0.5) is 4.79 Å². The largest absolute Gasteiger partial charge is 0.450 e. The monoisotopic (exact) mass is 269 g/mol. The number of piperidine rings is 1. The quantitative estimate of drug-likeness (QED) is 0.817. The minimum Gasteiger partial charge on any atom is -0.450 e. The van der Waals surface area contributed by atoms with Crippen molar-refractivity contribution in [3.63, 3.8) is 0 Å². The Morgan fingerprint density at radius 3 is 2.58 bits per heavy atom. The van der Waals surface area contributed by atoms with Gasteiger partial charge in [-0.2, -0.15) is 0 Å². The maximum absolute atomic E-state index is 11.7. The highest BCUT2D eigenvalue weighted by Gasteiger charge is 2.37. The van der Waals surface area contributed by atoms with Crippen molar-refractivity contribution in [2.75, 3.05) is 45.9 Å². The molecule has 2 fully saturated rings. The van der Waals surface area contributed by atoms with Gasteiger partial charge in [-0.15, -0.1) is 0 Å². The standard InChI is InChI=1S/C14H27N3O2/c1-4-19-13(18)17-9-7-16(8-10-17)12-11-15-6-5-14(12,2)3/h12,15H,4-11H2,1-3H3. The average molecular weight is 269 g/mol. The predicted octanol–water partition coefficient (Wildman–Crippen LogP) is 1.15. The topological polar surface area (TPSA) is 44.8 Å². The van der Waals surface area contributed by atoms with Gasteiger partial charge in [0.2, 0.25) is 0 Å². The molecule has 1 atom stereocenters. The minimum absolute atomic E-state index is 0.164. The lowest BCUT2D eigenvalue weighted by atomic mass is 9.77. The Hall–Kier alpha value is -0.810. The minimum atomic E-state index is -0.164. The predicted molar refractivity (Wildman–Crippen MR) is 75.2 cm³/mol. The second-order valence-electron chi connectivity index (χ2n) is 6.18. The maximum atomic E-state index is 11.7. The van der Waals surface area contributed by atoms with Gasteiger partial charge in [-0.05, 0) is 25.3 Å². The number of ether oxygens (including phenoxy) is 1. The lowest BCUT2D eigenvalue weighted by Crippen LogP contribution is -2.60. The fourth-order valence-corrected chi connectivity index (χ4v) is 3.15. The van der Waals surface area contributed by atoms with Gasteiger partial charge in [0.25, 0.3) is 0 Å². The molecule has 2 heterocycles. The first-order valence-electron chi connectivity index (χ1n) is 7.41. The Morgan fingerprint density at radius 1 is 1.32 bits per heavy atom.